The normalized spacial score (nSPS) is 12.8. The number of hydrogen-bond acceptors (Lipinski definition) is 3. The number of aliphatic hydroxyl groups excluding tert-OH is 1. The van der Waals surface area contributed by atoms with Gasteiger partial charge in [0, 0.05) is 6.92 Å². The van der Waals surface area contributed by atoms with Gasteiger partial charge in [0.1, 0.15) is 6.61 Å². The van der Waals surface area contributed by atoms with E-state index in [1.165, 1.54) is 12.5 Å². The van der Waals surface area contributed by atoms with Gasteiger partial charge in [-0.25, -0.2) is 0 Å². The molecule has 0 saturated heterocycles. The molecule has 0 amide bonds. The number of carbonyl (C=O) groups excluding carboxylic acids is 1. The Morgan fingerprint density at radius 1 is 1.20 bits per heavy atom. The summed E-state index contributed by atoms with van der Waals surface area (Å²) in [6, 6.07) is 0. The second kappa shape index (κ2) is 8.24. The monoisotopic (exact) mass is 212 g/mol. The Labute approximate surface area is 91.4 Å². The van der Waals surface area contributed by atoms with Crippen molar-refractivity contribution in [3.05, 3.63) is 23.3 Å². The summed E-state index contributed by atoms with van der Waals surface area (Å²) in [6.07, 6.45) is 5.76. The minimum Gasteiger partial charge on any atom is -0.462 e. The van der Waals surface area contributed by atoms with E-state index in [1.54, 1.807) is 0 Å². The van der Waals surface area contributed by atoms with Crippen LogP contribution in [0.4, 0.5) is 0 Å². The molecular weight excluding hydrogens is 192 g/mol. The van der Waals surface area contributed by atoms with E-state index < -0.39 is 0 Å². The summed E-state index contributed by atoms with van der Waals surface area (Å²) in [5, 5.41) is 8.76. The SMILES string of the molecule is CC(=O)OCC=C(C)CCC=C(C)CO. The summed E-state index contributed by atoms with van der Waals surface area (Å²) < 4.78 is 4.79. The fourth-order valence-electron chi connectivity index (χ4n) is 1.01. The van der Waals surface area contributed by atoms with Gasteiger partial charge in [0.15, 0.2) is 0 Å². The van der Waals surface area contributed by atoms with Gasteiger partial charge >= 0.3 is 5.97 Å². The standard InChI is InChI=1S/C12H20O3/c1-10(7-8-15-12(3)14)5-4-6-11(2)9-13/h6-7,13H,4-5,8-9H2,1-3H3. The molecule has 0 fully saturated rings. The van der Waals surface area contributed by atoms with Gasteiger partial charge in [0.2, 0.25) is 0 Å². The van der Waals surface area contributed by atoms with Crippen molar-refractivity contribution in [3.63, 3.8) is 0 Å². The van der Waals surface area contributed by atoms with Crippen LogP contribution in [0.25, 0.3) is 0 Å². The van der Waals surface area contributed by atoms with Crippen molar-refractivity contribution >= 4 is 5.97 Å². The average Bonchev–Trinajstić information content (AvgIpc) is 2.17. The van der Waals surface area contributed by atoms with E-state index >= 15 is 0 Å². The van der Waals surface area contributed by atoms with Gasteiger partial charge in [-0.05, 0) is 32.8 Å². The Morgan fingerprint density at radius 2 is 1.87 bits per heavy atom. The van der Waals surface area contributed by atoms with Crippen LogP contribution in [0.15, 0.2) is 23.3 Å². The molecule has 0 atom stereocenters. The minimum absolute atomic E-state index is 0.121. The van der Waals surface area contributed by atoms with Crippen LogP contribution in [0.5, 0.6) is 0 Å². The number of esters is 1. The van der Waals surface area contributed by atoms with Crippen molar-refractivity contribution in [1.82, 2.24) is 0 Å². The minimum atomic E-state index is -0.255. The first-order valence-electron chi connectivity index (χ1n) is 5.11. The number of aliphatic hydroxyl groups is 1. The zero-order valence-electron chi connectivity index (χ0n) is 9.75. The van der Waals surface area contributed by atoms with E-state index in [1.807, 2.05) is 26.0 Å². The highest BCUT2D eigenvalue weighted by Crippen LogP contribution is 2.06. The maximum atomic E-state index is 10.5. The smallest absolute Gasteiger partial charge is 0.302 e. The van der Waals surface area contributed by atoms with Crippen LogP contribution in [-0.4, -0.2) is 24.3 Å². The van der Waals surface area contributed by atoms with E-state index in [0.29, 0.717) is 6.61 Å². The quantitative estimate of drug-likeness (QED) is 0.542. The highest BCUT2D eigenvalue weighted by atomic mass is 16.5. The zero-order chi connectivity index (χ0) is 11.7. The molecule has 0 rings (SSSR count). The largest absolute Gasteiger partial charge is 0.462 e. The molecule has 15 heavy (non-hydrogen) atoms. The van der Waals surface area contributed by atoms with Crippen LogP contribution >= 0.6 is 0 Å². The van der Waals surface area contributed by atoms with Crippen molar-refractivity contribution in [2.75, 3.05) is 13.2 Å². The summed E-state index contributed by atoms with van der Waals surface area (Å²) in [7, 11) is 0. The third-order valence-corrected chi connectivity index (χ3v) is 2.00. The maximum Gasteiger partial charge on any atom is 0.302 e. The van der Waals surface area contributed by atoms with Gasteiger partial charge in [-0.15, -0.1) is 0 Å². The molecule has 3 nitrogen and oxygen atoms in total. The first-order chi connectivity index (χ1) is 7.06. The lowest BCUT2D eigenvalue weighted by Crippen LogP contribution is -1.98. The number of ether oxygens (including phenoxy) is 1. The zero-order valence-corrected chi connectivity index (χ0v) is 9.75. The second-order valence-electron chi connectivity index (χ2n) is 3.60. The predicted octanol–water partition coefficient (Wildman–Crippen LogP) is 2.21. The molecular formula is C12H20O3. The summed E-state index contributed by atoms with van der Waals surface area (Å²) >= 11 is 0. The predicted molar refractivity (Wildman–Crippen MR) is 60.5 cm³/mol. The van der Waals surface area contributed by atoms with E-state index in [0.717, 1.165) is 18.4 Å². The second-order valence-corrected chi connectivity index (χ2v) is 3.60. The molecule has 0 heterocycles. The van der Waals surface area contributed by atoms with Crippen molar-refractivity contribution in [1.29, 1.82) is 0 Å². The van der Waals surface area contributed by atoms with Gasteiger partial charge in [-0.3, -0.25) is 4.79 Å². The van der Waals surface area contributed by atoms with Gasteiger partial charge in [-0.1, -0.05) is 17.2 Å². The molecule has 0 aliphatic carbocycles. The highest BCUT2D eigenvalue weighted by molar-refractivity contribution is 5.66. The Balaban J connectivity index is 3.73. The molecule has 0 aromatic heterocycles. The average molecular weight is 212 g/mol. The van der Waals surface area contributed by atoms with Gasteiger partial charge in [-0.2, -0.15) is 0 Å². The lowest BCUT2D eigenvalue weighted by atomic mass is 10.1. The van der Waals surface area contributed by atoms with Crippen LogP contribution in [-0.2, 0) is 9.53 Å². The van der Waals surface area contributed by atoms with Gasteiger partial charge in [0.05, 0.1) is 6.61 Å². The highest BCUT2D eigenvalue weighted by Gasteiger charge is 1.92. The Hall–Kier alpha value is -1.09. The molecule has 0 spiro atoms. The third kappa shape index (κ3) is 9.22. The van der Waals surface area contributed by atoms with Crippen molar-refractivity contribution < 1.29 is 14.6 Å². The van der Waals surface area contributed by atoms with Crippen LogP contribution in [0.1, 0.15) is 33.6 Å². The fraction of sp³-hybridized carbons (Fsp3) is 0.583. The summed E-state index contributed by atoms with van der Waals surface area (Å²) in [5.74, 6) is -0.255. The Bertz CT molecular complexity index is 252. The number of hydrogen-bond donors (Lipinski definition) is 1. The molecule has 3 heteroatoms. The van der Waals surface area contributed by atoms with E-state index in [-0.39, 0.29) is 12.6 Å². The lowest BCUT2D eigenvalue weighted by molar-refractivity contribution is -0.139. The van der Waals surface area contributed by atoms with Crippen LogP contribution in [0.3, 0.4) is 0 Å². The molecule has 86 valence electrons. The number of carbonyl (C=O) groups is 1. The topological polar surface area (TPSA) is 46.5 Å². The molecule has 0 saturated carbocycles. The first kappa shape index (κ1) is 13.9. The van der Waals surface area contributed by atoms with Crippen LogP contribution in [0, 0.1) is 0 Å². The van der Waals surface area contributed by atoms with E-state index in [4.69, 9.17) is 9.84 Å². The molecule has 0 bridgehead atoms. The molecule has 0 unspecified atom stereocenters. The molecule has 0 aliphatic heterocycles. The summed E-state index contributed by atoms with van der Waals surface area (Å²) in [6.45, 7) is 5.78. The molecule has 0 aromatic carbocycles. The molecule has 1 N–H and O–H groups in total. The van der Waals surface area contributed by atoms with E-state index in [9.17, 15) is 4.79 Å². The molecule has 0 aromatic rings. The van der Waals surface area contributed by atoms with E-state index in [2.05, 4.69) is 0 Å². The molecule has 0 radical (unpaired) electrons. The van der Waals surface area contributed by atoms with Gasteiger partial charge < -0.3 is 9.84 Å². The lowest BCUT2D eigenvalue weighted by Gasteiger charge is -2.00. The first-order valence-corrected chi connectivity index (χ1v) is 5.11. The Kier molecular flexibility index (Phi) is 7.64. The fourth-order valence-corrected chi connectivity index (χ4v) is 1.01. The van der Waals surface area contributed by atoms with Crippen molar-refractivity contribution in [3.8, 4) is 0 Å². The van der Waals surface area contributed by atoms with Gasteiger partial charge in [0.25, 0.3) is 0 Å². The number of allylic oxidation sites excluding steroid dienone is 2. The Morgan fingerprint density at radius 3 is 2.40 bits per heavy atom. The molecule has 0 aliphatic rings. The summed E-state index contributed by atoms with van der Waals surface area (Å²) in [5.41, 5.74) is 2.18. The maximum absolute atomic E-state index is 10.5. The van der Waals surface area contributed by atoms with Crippen LogP contribution < -0.4 is 0 Å². The summed E-state index contributed by atoms with van der Waals surface area (Å²) in [4.78, 5) is 10.5. The third-order valence-electron chi connectivity index (χ3n) is 2.00. The number of rotatable bonds is 6. The van der Waals surface area contributed by atoms with Crippen molar-refractivity contribution in [2.45, 2.75) is 33.6 Å². The van der Waals surface area contributed by atoms with Crippen molar-refractivity contribution in [2.24, 2.45) is 0 Å². The van der Waals surface area contributed by atoms with Crippen LogP contribution in [0.2, 0.25) is 0 Å².